The van der Waals surface area contributed by atoms with Crippen LogP contribution in [0.15, 0.2) is 74.1 Å². The van der Waals surface area contributed by atoms with E-state index in [0.29, 0.717) is 23.0 Å². The number of amidine groups is 1. The summed E-state index contributed by atoms with van der Waals surface area (Å²) in [6, 6.07) is 17.6. The molecule has 0 radical (unpaired) electrons. The van der Waals surface area contributed by atoms with E-state index in [4.69, 9.17) is 4.99 Å². The van der Waals surface area contributed by atoms with E-state index in [1.54, 1.807) is 28.8 Å². The van der Waals surface area contributed by atoms with Crippen molar-refractivity contribution in [2.24, 2.45) is 4.99 Å². The van der Waals surface area contributed by atoms with Crippen LogP contribution in [0.2, 0.25) is 0 Å². The highest BCUT2D eigenvalue weighted by molar-refractivity contribution is 8.19. The van der Waals surface area contributed by atoms with E-state index in [-0.39, 0.29) is 5.91 Å². The molecule has 2 aliphatic heterocycles. The molecule has 1 fully saturated rings. The molecule has 1 aliphatic carbocycles. The Bertz CT molecular complexity index is 1280. The first kappa shape index (κ1) is 22.6. The molecular formula is C26H25N5OS2. The maximum atomic E-state index is 13.7. The zero-order valence-corrected chi connectivity index (χ0v) is 20.8. The Kier molecular flexibility index (Phi) is 6.40. The fourth-order valence-electron chi connectivity index (χ4n) is 4.33. The number of hydrogen-bond acceptors (Lipinski definition) is 7. The third kappa shape index (κ3) is 4.22. The summed E-state index contributed by atoms with van der Waals surface area (Å²) in [4.78, 5) is 24.7. The van der Waals surface area contributed by atoms with Crippen LogP contribution in [0.5, 0.6) is 0 Å². The molecule has 0 saturated carbocycles. The van der Waals surface area contributed by atoms with Crippen LogP contribution in [0.1, 0.15) is 37.3 Å². The van der Waals surface area contributed by atoms with Gasteiger partial charge in [-0.3, -0.25) is 9.69 Å². The highest BCUT2D eigenvalue weighted by Gasteiger charge is 2.40. The number of nitrogens with one attached hydrogen (secondary N) is 1. The van der Waals surface area contributed by atoms with Crippen molar-refractivity contribution in [1.29, 1.82) is 5.26 Å². The average Bonchev–Trinajstić information content (AvgIpc) is 3.52. The summed E-state index contributed by atoms with van der Waals surface area (Å²) in [7, 11) is 2.06. The fraction of sp³-hybridized carbons (Fsp3) is 0.269. The molecule has 34 heavy (non-hydrogen) atoms. The monoisotopic (exact) mass is 487 g/mol. The summed E-state index contributed by atoms with van der Waals surface area (Å²) in [5, 5.41) is 14.4. The molecular weight excluding hydrogens is 462 g/mol. The van der Waals surface area contributed by atoms with Crippen LogP contribution in [0.3, 0.4) is 0 Å². The number of amides is 1. The molecule has 0 spiro atoms. The number of nitriles is 1. The van der Waals surface area contributed by atoms with Crippen LogP contribution in [0, 0.1) is 11.3 Å². The molecule has 0 aromatic heterocycles. The molecule has 3 aliphatic rings. The first-order valence-corrected chi connectivity index (χ1v) is 13.0. The Hall–Kier alpha value is -3.15. The van der Waals surface area contributed by atoms with Gasteiger partial charge in [-0.2, -0.15) is 5.26 Å². The third-order valence-corrected chi connectivity index (χ3v) is 8.57. The van der Waals surface area contributed by atoms with Gasteiger partial charge in [0.05, 0.1) is 34.6 Å². The van der Waals surface area contributed by atoms with Gasteiger partial charge >= 0.3 is 0 Å². The normalized spacial score (nSPS) is 21.0. The number of aliphatic imine (C=N–C) groups is 1. The minimum absolute atomic E-state index is 0.0236. The minimum atomic E-state index is -0.0236. The minimum Gasteiger partial charge on any atom is -0.384 e. The number of hydrogen-bond donors (Lipinski definition) is 1. The second-order valence-electron chi connectivity index (χ2n) is 8.27. The second-order valence-corrected chi connectivity index (χ2v) is 10.3. The van der Waals surface area contributed by atoms with Crippen molar-refractivity contribution in [2.75, 3.05) is 18.9 Å². The lowest BCUT2D eigenvalue weighted by atomic mass is 10.2. The zero-order valence-electron chi connectivity index (χ0n) is 19.2. The first-order chi connectivity index (χ1) is 16.6. The van der Waals surface area contributed by atoms with Gasteiger partial charge in [-0.25, -0.2) is 4.99 Å². The SMILES string of the molecule is CCNc1ccc(C#N)cc1N=C1SC(=C2SC3=C(CCC3)N2C)C(=O)N1Cc1ccccc1. The number of rotatable bonds is 5. The first-order valence-electron chi connectivity index (χ1n) is 11.4. The van der Waals surface area contributed by atoms with Crippen molar-refractivity contribution in [3.05, 3.63) is 80.2 Å². The summed E-state index contributed by atoms with van der Waals surface area (Å²) in [6.07, 6.45) is 3.33. The molecule has 1 amide bonds. The van der Waals surface area contributed by atoms with E-state index in [1.165, 1.54) is 28.8 Å². The predicted octanol–water partition coefficient (Wildman–Crippen LogP) is 6.00. The molecule has 1 saturated heterocycles. The van der Waals surface area contributed by atoms with Crippen LogP contribution in [0.25, 0.3) is 0 Å². The fourth-order valence-corrected chi connectivity index (χ4v) is 6.85. The molecule has 2 heterocycles. The van der Waals surface area contributed by atoms with Gasteiger partial charge in [0.15, 0.2) is 5.17 Å². The van der Waals surface area contributed by atoms with Crippen LogP contribution in [-0.2, 0) is 11.3 Å². The number of anilines is 1. The van der Waals surface area contributed by atoms with Crippen molar-refractivity contribution < 1.29 is 4.79 Å². The lowest BCUT2D eigenvalue weighted by Gasteiger charge is -2.18. The molecule has 8 heteroatoms. The number of allylic oxidation sites excluding steroid dienone is 2. The van der Waals surface area contributed by atoms with E-state index in [2.05, 4.69) is 23.3 Å². The molecule has 0 unspecified atom stereocenters. The number of nitrogens with zero attached hydrogens (tertiary/aromatic N) is 4. The Labute approximate surface area is 208 Å². The van der Waals surface area contributed by atoms with Crippen LogP contribution < -0.4 is 5.32 Å². The molecule has 0 bridgehead atoms. The topological polar surface area (TPSA) is 71.7 Å². The summed E-state index contributed by atoms with van der Waals surface area (Å²) < 4.78 is 0. The van der Waals surface area contributed by atoms with Crippen molar-refractivity contribution in [3.63, 3.8) is 0 Å². The zero-order chi connectivity index (χ0) is 23.7. The van der Waals surface area contributed by atoms with Gasteiger partial charge in [-0.1, -0.05) is 42.1 Å². The summed E-state index contributed by atoms with van der Waals surface area (Å²) >= 11 is 3.16. The van der Waals surface area contributed by atoms with Crippen LogP contribution >= 0.6 is 23.5 Å². The van der Waals surface area contributed by atoms with E-state index in [0.717, 1.165) is 40.6 Å². The smallest absolute Gasteiger partial charge is 0.269 e. The Morgan fingerprint density at radius 2 is 1.97 bits per heavy atom. The van der Waals surface area contributed by atoms with E-state index in [1.807, 2.05) is 43.3 Å². The van der Waals surface area contributed by atoms with Gasteiger partial charge in [-0.15, -0.1) is 0 Å². The number of carbonyl (C=O) groups is 1. The largest absolute Gasteiger partial charge is 0.384 e. The van der Waals surface area contributed by atoms with Gasteiger partial charge in [0.25, 0.3) is 5.91 Å². The molecule has 6 nitrogen and oxygen atoms in total. The van der Waals surface area contributed by atoms with Crippen LogP contribution in [-0.4, -0.2) is 34.5 Å². The van der Waals surface area contributed by atoms with E-state index >= 15 is 0 Å². The molecule has 2 aromatic carbocycles. The highest BCUT2D eigenvalue weighted by atomic mass is 32.2. The number of carbonyl (C=O) groups excluding carboxylic acids is 1. The maximum absolute atomic E-state index is 13.7. The number of thioether (sulfide) groups is 2. The third-order valence-electron chi connectivity index (χ3n) is 6.02. The Morgan fingerprint density at radius 1 is 1.15 bits per heavy atom. The van der Waals surface area contributed by atoms with E-state index in [9.17, 15) is 10.1 Å². The van der Waals surface area contributed by atoms with Gasteiger partial charge in [0, 0.05) is 24.2 Å². The Morgan fingerprint density at radius 3 is 2.71 bits per heavy atom. The lowest BCUT2D eigenvalue weighted by molar-refractivity contribution is -0.122. The van der Waals surface area contributed by atoms with E-state index < -0.39 is 0 Å². The Balaban J connectivity index is 1.57. The molecule has 1 N–H and O–H groups in total. The number of benzene rings is 2. The summed E-state index contributed by atoms with van der Waals surface area (Å²) in [5.41, 5.74) is 4.43. The summed E-state index contributed by atoms with van der Waals surface area (Å²) in [6.45, 7) is 3.20. The van der Waals surface area contributed by atoms with Gasteiger partial charge < -0.3 is 10.2 Å². The van der Waals surface area contributed by atoms with Crippen molar-refractivity contribution in [3.8, 4) is 6.07 Å². The molecule has 0 atom stereocenters. The second kappa shape index (κ2) is 9.61. The standard InChI is InChI=1S/C26H25N5OS2/c1-3-28-19-13-12-18(15-27)14-20(19)29-26-31(16-17-8-5-4-6-9-17)24(32)23(34-26)25-30(2)21-10-7-11-22(21)33-25/h4-6,8-9,12-14,28H,3,7,10-11,16H2,1-2H3. The lowest BCUT2D eigenvalue weighted by Crippen LogP contribution is -2.29. The quantitative estimate of drug-likeness (QED) is 0.522. The van der Waals surface area contributed by atoms with Crippen molar-refractivity contribution in [2.45, 2.75) is 32.7 Å². The highest BCUT2D eigenvalue weighted by Crippen LogP contribution is 2.52. The molecule has 2 aromatic rings. The predicted molar refractivity (Wildman–Crippen MR) is 140 cm³/mol. The van der Waals surface area contributed by atoms with Crippen molar-refractivity contribution >= 4 is 46.0 Å². The molecule has 5 rings (SSSR count). The maximum Gasteiger partial charge on any atom is 0.269 e. The van der Waals surface area contributed by atoms with Crippen LogP contribution in [0.4, 0.5) is 11.4 Å². The molecule has 172 valence electrons. The summed E-state index contributed by atoms with van der Waals surface area (Å²) in [5.74, 6) is -0.0236. The van der Waals surface area contributed by atoms with Gasteiger partial charge in [0.2, 0.25) is 0 Å². The average molecular weight is 488 g/mol. The van der Waals surface area contributed by atoms with Gasteiger partial charge in [0.1, 0.15) is 4.91 Å². The van der Waals surface area contributed by atoms with Crippen molar-refractivity contribution in [1.82, 2.24) is 9.80 Å². The van der Waals surface area contributed by atoms with Gasteiger partial charge in [-0.05, 0) is 61.7 Å².